The summed E-state index contributed by atoms with van der Waals surface area (Å²) in [6.07, 6.45) is 7.66. The molecule has 6 rings (SSSR count). The number of carbonyl (C=O) groups is 1. The first-order valence-electron chi connectivity index (χ1n) is 11.3. The standard InChI is InChI=1S/C25H25N3O2S2/c1-14-5-2-3-7-18(14)27-19(29)13-28-24-23(32-25(28)30)21(17-6-4-10-26-12-17)20-15-8-9-16(11-15)22(20)31-24/h2-7,10,12,15-16,20-22H,8-9,11,13H2,1H3,(H,27,29)/t15?,16?,20?,21-,22?/m0/s1. The van der Waals surface area contributed by atoms with Gasteiger partial charge in [0.25, 0.3) is 0 Å². The number of pyridine rings is 1. The van der Waals surface area contributed by atoms with E-state index in [1.54, 1.807) is 4.57 Å². The lowest BCUT2D eigenvalue weighted by Gasteiger charge is -2.40. The van der Waals surface area contributed by atoms with Crippen LogP contribution in [0, 0.1) is 24.7 Å². The van der Waals surface area contributed by atoms with E-state index in [0.29, 0.717) is 17.1 Å². The molecule has 1 aromatic carbocycles. The van der Waals surface area contributed by atoms with Crippen LogP contribution in [0.3, 0.4) is 0 Å². The van der Waals surface area contributed by atoms with Gasteiger partial charge in [-0.25, -0.2) is 0 Å². The Bertz CT molecular complexity index is 1240. The average molecular weight is 464 g/mol. The van der Waals surface area contributed by atoms with Gasteiger partial charge in [-0.3, -0.25) is 19.1 Å². The van der Waals surface area contributed by atoms with Crippen molar-refractivity contribution in [2.45, 2.75) is 48.9 Å². The highest BCUT2D eigenvalue weighted by atomic mass is 32.2. The molecule has 1 N–H and O–H groups in total. The Morgan fingerprint density at radius 2 is 2.03 bits per heavy atom. The number of aromatic nitrogens is 2. The van der Waals surface area contributed by atoms with Crippen molar-refractivity contribution in [3.8, 4) is 0 Å². The van der Waals surface area contributed by atoms with Gasteiger partial charge in [-0.2, -0.15) is 0 Å². The quantitative estimate of drug-likeness (QED) is 0.598. The van der Waals surface area contributed by atoms with Crippen LogP contribution in [0.1, 0.15) is 41.2 Å². The third kappa shape index (κ3) is 3.25. The molecule has 4 unspecified atom stereocenters. The van der Waals surface area contributed by atoms with E-state index in [9.17, 15) is 9.59 Å². The van der Waals surface area contributed by atoms with E-state index in [-0.39, 0.29) is 23.2 Å². The van der Waals surface area contributed by atoms with E-state index in [4.69, 9.17) is 0 Å². The minimum atomic E-state index is -0.157. The van der Waals surface area contributed by atoms with E-state index >= 15 is 0 Å². The lowest BCUT2D eigenvalue weighted by atomic mass is 9.75. The molecule has 2 aliphatic carbocycles. The fraction of sp³-hybridized carbons (Fsp3) is 0.400. The zero-order valence-corrected chi connectivity index (χ0v) is 19.5. The first kappa shape index (κ1) is 20.2. The number of anilines is 1. The molecule has 2 bridgehead atoms. The van der Waals surface area contributed by atoms with E-state index in [0.717, 1.165) is 27.1 Å². The number of amides is 1. The summed E-state index contributed by atoms with van der Waals surface area (Å²) in [5, 5.41) is 4.51. The molecule has 0 spiro atoms. The Balaban J connectivity index is 1.37. The number of fused-ring (bicyclic) bond motifs is 6. The number of thiazole rings is 1. The highest BCUT2D eigenvalue weighted by Crippen LogP contribution is 2.63. The Morgan fingerprint density at radius 3 is 2.84 bits per heavy atom. The molecule has 0 saturated heterocycles. The molecule has 5 nitrogen and oxygen atoms in total. The van der Waals surface area contributed by atoms with Gasteiger partial charge in [-0.15, -0.1) is 11.8 Å². The topological polar surface area (TPSA) is 64.0 Å². The highest BCUT2D eigenvalue weighted by molar-refractivity contribution is 8.00. The van der Waals surface area contributed by atoms with Crippen LogP contribution in [-0.2, 0) is 11.3 Å². The summed E-state index contributed by atoms with van der Waals surface area (Å²) in [6, 6.07) is 11.9. The molecule has 2 fully saturated rings. The fourth-order valence-electron chi connectivity index (χ4n) is 6.07. The number of hydrogen-bond acceptors (Lipinski definition) is 5. The van der Waals surface area contributed by atoms with Crippen LogP contribution in [0.15, 0.2) is 58.6 Å². The molecule has 2 aromatic heterocycles. The maximum atomic E-state index is 13.1. The number of rotatable bonds is 4. The second-order valence-electron chi connectivity index (χ2n) is 9.24. The molecule has 164 valence electrons. The van der Waals surface area contributed by atoms with E-state index in [1.165, 1.54) is 36.2 Å². The molecule has 7 heteroatoms. The number of hydrogen-bond donors (Lipinski definition) is 1. The van der Waals surface area contributed by atoms with Crippen molar-refractivity contribution < 1.29 is 4.79 Å². The minimum Gasteiger partial charge on any atom is -0.324 e. The molecule has 3 aliphatic rings. The van der Waals surface area contributed by atoms with Gasteiger partial charge >= 0.3 is 4.87 Å². The van der Waals surface area contributed by atoms with Gasteiger partial charge < -0.3 is 5.32 Å². The van der Waals surface area contributed by atoms with Crippen molar-refractivity contribution >= 4 is 34.7 Å². The molecule has 5 atom stereocenters. The maximum Gasteiger partial charge on any atom is 0.308 e. The Hall–Kier alpha value is -2.38. The zero-order chi connectivity index (χ0) is 21.8. The van der Waals surface area contributed by atoms with E-state index in [1.807, 2.05) is 61.4 Å². The number of benzene rings is 1. The molecule has 3 aromatic rings. The predicted molar refractivity (Wildman–Crippen MR) is 128 cm³/mol. The van der Waals surface area contributed by atoms with Gasteiger partial charge in [0.15, 0.2) is 0 Å². The number of nitrogens with zero attached hydrogens (tertiary/aromatic N) is 2. The number of nitrogens with one attached hydrogen (secondary N) is 1. The Labute approximate surface area is 195 Å². The summed E-state index contributed by atoms with van der Waals surface area (Å²) < 4.78 is 1.71. The Kier molecular flexibility index (Phi) is 4.99. The van der Waals surface area contributed by atoms with Crippen LogP contribution in [0.5, 0.6) is 0 Å². The smallest absolute Gasteiger partial charge is 0.308 e. The average Bonchev–Trinajstić information content (AvgIpc) is 3.49. The van der Waals surface area contributed by atoms with Gasteiger partial charge in [-0.1, -0.05) is 35.6 Å². The summed E-state index contributed by atoms with van der Waals surface area (Å²) in [4.78, 5) is 31.5. The summed E-state index contributed by atoms with van der Waals surface area (Å²) in [6.45, 7) is 2.02. The molecule has 32 heavy (non-hydrogen) atoms. The van der Waals surface area contributed by atoms with Gasteiger partial charge in [-0.05, 0) is 67.2 Å². The Morgan fingerprint density at radius 1 is 1.19 bits per heavy atom. The van der Waals surface area contributed by atoms with Crippen molar-refractivity contribution in [3.63, 3.8) is 0 Å². The summed E-state index contributed by atoms with van der Waals surface area (Å²) in [7, 11) is 0. The fourth-order valence-corrected chi connectivity index (χ4v) is 9.22. The van der Waals surface area contributed by atoms with Crippen molar-refractivity contribution in [2.24, 2.45) is 17.8 Å². The summed E-state index contributed by atoms with van der Waals surface area (Å²) in [5.41, 5.74) is 3.01. The minimum absolute atomic E-state index is 0.0383. The lowest BCUT2D eigenvalue weighted by molar-refractivity contribution is -0.116. The highest BCUT2D eigenvalue weighted by Gasteiger charge is 2.55. The van der Waals surface area contributed by atoms with Crippen LogP contribution < -0.4 is 10.2 Å². The van der Waals surface area contributed by atoms with Crippen LogP contribution in [0.2, 0.25) is 0 Å². The molecule has 2 saturated carbocycles. The summed E-state index contributed by atoms with van der Waals surface area (Å²) >= 11 is 3.19. The number of aryl methyl sites for hydroxylation is 1. The van der Waals surface area contributed by atoms with Crippen LogP contribution >= 0.6 is 23.1 Å². The van der Waals surface area contributed by atoms with Crippen molar-refractivity contribution in [1.82, 2.24) is 9.55 Å². The van der Waals surface area contributed by atoms with Crippen LogP contribution in [-0.4, -0.2) is 20.7 Å². The first-order valence-corrected chi connectivity index (χ1v) is 13.0. The zero-order valence-electron chi connectivity index (χ0n) is 17.9. The van der Waals surface area contributed by atoms with Crippen LogP contribution in [0.4, 0.5) is 5.69 Å². The van der Waals surface area contributed by atoms with Gasteiger partial charge in [0, 0.05) is 34.1 Å². The number of para-hydroxylation sites is 1. The van der Waals surface area contributed by atoms with Crippen molar-refractivity contribution in [1.29, 1.82) is 0 Å². The van der Waals surface area contributed by atoms with E-state index < -0.39 is 0 Å². The van der Waals surface area contributed by atoms with Crippen molar-refractivity contribution in [2.75, 3.05) is 5.32 Å². The number of carbonyl (C=O) groups excluding carboxylic acids is 1. The molecule has 1 aliphatic heterocycles. The van der Waals surface area contributed by atoms with Crippen LogP contribution in [0.25, 0.3) is 0 Å². The maximum absolute atomic E-state index is 13.1. The molecular formula is C25H25N3O2S2. The van der Waals surface area contributed by atoms with Gasteiger partial charge in [0.2, 0.25) is 5.91 Å². The van der Waals surface area contributed by atoms with E-state index in [2.05, 4.69) is 16.4 Å². The first-order chi connectivity index (χ1) is 15.6. The summed E-state index contributed by atoms with van der Waals surface area (Å²) in [5.74, 6) is 2.05. The third-order valence-electron chi connectivity index (χ3n) is 7.46. The normalized spacial score (nSPS) is 27.7. The predicted octanol–water partition coefficient (Wildman–Crippen LogP) is 4.90. The molecule has 3 heterocycles. The molecule has 0 radical (unpaired) electrons. The lowest BCUT2D eigenvalue weighted by Crippen LogP contribution is -2.35. The van der Waals surface area contributed by atoms with Gasteiger partial charge in [0.05, 0.1) is 5.03 Å². The third-order valence-corrected chi connectivity index (χ3v) is 10.3. The molecule has 1 amide bonds. The molecular weight excluding hydrogens is 438 g/mol. The van der Waals surface area contributed by atoms with Gasteiger partial charge in [0.1, 0.15) is 6.54 Å². The van der Waals surface area contributed by atoms with Crippen molar-refractivity contribution in [3.05, 3.63) is 74.5 Å². The SMILES string of the molecule is Cc1ccccc1NC(=O)Cn1c2c(sc1=O)[C@@H](c1cccnc1)C1C3CCC(C3)C1S2. The second-order valence-corrected chi connectivity index (χ2v) is 11.4. The largest absolute Gasteiger partial charge is 0.324 e. The second kappa shape index (κ2) is 7.89. The number of thioether (sulfide) groups is 1. The monoisotopic (exact) mass is 463 g/mol.